The lowest BCUT2D eigenvalue weighted by atomic mass is 10.1. The minimum absolute atomic E-state index is 0.118. The molecular formula is C17H18ClIN2O. The lowest BCUT2D eigenvalue weighted by Gasteiger charge is -2.17. The number of hydrogen-bond acceptors (Lipinski definition) is 2. The molecule has 3 nitrogen and oxygen atoms in total. The average Bonchev–Trinajstić information content (AvgIpc) is 2.42. The molecule has 2 aromatic rings. The molecular weight excluding hydrogens is 411 g/mol. The van der Waals surface area contributed by atoms with E-state index >= 15 is 0 Å². The molecule has 0 heterocycles. The van der Waals surface area contributed by atoms with Crippen LogP contribution in [0.1, 0.15) is 18.1 Å². The van der Waals surface area contributed by atoms with Crippen LogP contribution in [0.25, 0.3) is 0 Å². The summed E-state index contributed by atoms with van der Waals surface area (Å²) in [5, 5.41) is 6.66. The van der Waals surface area contributed by atoms with Crippen molar-refractivity contribution in [2.45, 2.75) is 26.8 Å². The summed E-state index contributed by atoms with van der Waals surface area (Å²) in [5.41, 5.74) is 3.63. The van der Waals surface area contributed by atoms with Crippen LogP contribution in [0, 0.1) is 17.4 Å². The smallest absolute Gasteiger partial charge is 0.246 e. The van der Waals surface area contributed by atoms with Gasteiger partial charge in [-0.3, -0.25) is 4.79 Å². The summed E-state index contributed by atoms with van der Waals surface area (Å²) in [5.74, 6) is -0.118. The van der Waals surface area contributed by atoms with Gasteiger partial charge in [-0.1, -0.05) is 23.7 Å². The molecule has 0 saturated carbocycles. The first kappa shape index (κ1) is 17.1. The maximum Gasteiger partial charge on any atom is 0.246 e. The third kappa shape index (κ3) is 4.36. The molecule has 2 N–H and O–H groups in total. The monoisotopic (exact) mass is 428 g/mol. The van der Waals surface area contributed by atoms with Gasteiger partial charge in [-0.25, -0.2) is 0 Å². The fourth-order valence-electron chi connectivity index (χ4n) is 2.20. The molecule has 1 amide bonds. The van der Waals surface area contributed by atoms with Gasteiger partial charge < -0.3 is 10.6 Å². The first-order valence-corrected chi connectivity index (χ1v) is 8.42. The van der Waals surface area contributed by atoms with Crippen LogP contribution >= 0.6 is 34.2 Å². The van der Waals surface area contributed by atoms with Gasteiger partial charge in [0.2, 0.25) is 5.91 Å². The topological polar surface area (TPSA) is 41.1 Å². The second-order valence-electron chi connectivity index (χ2n) is 5.30. The highest BCUT2D eigenvalue weighted by molar-refractivity contribution is 14.1. The Morgan fingerprint density at radius 3 is 2.59 bits per heavy atom. The molecule has 0 radical (unpaired) electrons. The van der Waals surface area contributed by atoms with Crippen molar-refractivity contribution in [3.05, 3.63) is 56.1 Å². The summed E-state index contributed by atoms with van der Waals surface area (Å²) < 4.78 is 1.12. The Morgan fingerprint density at radius 2 is 1.95 bits per heavy atom. The van der Waals surface area contributed by atoms with Crippen LogP contribution in [0.4, 0.5) is 11.4 Å². The summed E-state index contributed by atoms with van der Waals surface area (Å²) in [4.78, 5) is 12.4. The van der Waals surface area contributed by atoms with E-state index in [9.17, 15) is 4.79 Å². The number of hydrogen-bond donors (Lipinski definition) is 2. The molecule has 1 unspecified atom stereocenters. The summed E-state index contributed by atoms with van der Waals surface area (Å²) in [6, 6.07) is 11.4. The number of anilines is 2. The zero-order chi connectivity index (χ0) is 16.3. The van der Waals surface area contributed by atoms with E-state index in [0.29, 0.717) is 10.7 Å². The van der Waals surface area contributed by atoms with Crippen molar-refractivity contribution in [1.29, 1.82) is 0 Å². The van der Waals surface area contributed by atoms with E-state index in [4.69, 9.17) is 11.6 Å². The highest BCUT2D eigenvalue weighted by Gasteiger charge is 2.15. The van der Waals surface area contributed by atoms with Crippen molar-refractivity contribution in [2.75, 3.05) is 10.6 Å². The molecule has 0 aromatic heterocycles. The number of carbonyl (C=O) groups excluding carboxylic acids is 1. The van der Waals surface area contributed by atoms with Crippen LogP contribution in [0.5, 0.6) is 0 Å². The third-order valence-electron chi connectivity index (χ3n) is 3.28. The zero-order valence-corrected chi connectivity index (χ0v) is 15.6. The zero-order valence-electron chi connectivity index (χ0n) is 12.7. The Hall–Kier alpha value is -1.27. The van der Waals surface area contributed by atoms with Crippen molar-refractivity contribution in [3.63, 3.8) is 0 Å². The Labute approximate surface area is 149 Å². The van der Waals surface area contributed by atoms with Gasteiger partial charge in [-0.15, -0.1) is 0 Å². The van der Waals surface area contributed by atoms with Gasteiger partial charge in [-0.05, 0) is 78.8 Å². The molecule has 0 bridgehead atoms. The fourth-order valence-corrected chi connectivity index (χ4v) is 3.11. The van der Waals surface area contributed by atoms with E-state index < -0.39 is 0 Å². The van der Waals surface area contributed by atoms with Crippen LogP contribution < -0.4 is 10.6 Å². The van der Waals surface area contributed by atoms with Crippen LogP contribution in [-0.4, -0.2) is 11.9 Å². The second-order valence-corrected chi connectivity index (χ2v) is 6.96. The van der Waals surface area contributed by atoms with Crippen LogP contribution in [0.2, 0.25) is 5.02 Å². The fraction of sp³-hybridized carbons (Fsp3) is 0.235. The number of rotatable bonds is 4. The summed E-state index contributed by atoms with van der Waals surface area (Å²) >= 11 is 8.47. The number of halogens is 2. The first-order chi connectivity index (χ1) is 10.4. The first-order valence-electron chi connectivity index (χ1n) is 6.96. The van der Waals surface area contributed by atoms with Gasteiger partial charge in [0, 0.05) is 9.26 Å². The van der Waals surface area contributed by atoms with Crippen molar-refractivity contribution in [2.24, 2.45) is 0 Å². The largest absolute Gasteiger partial charge is 0.374 e. The van der Waals surface area contributed by atoms with Crippen molar-refractivity contribution < 1.29 is 4.79 Å². The Morgan fingerprint density at radius 1 is 1.23 bits per heavy atom. The number of nitrogens with one attached hydrogen (secondary N) is 2. The summed E-state index contributed by atoms with van der Waals surface area (Å²) in [6.45, 7) is 5.74. The van der Waals surface area contributed by atoms with Crippen molar-refractivity contribution in [1.82, 2.24) is 0 Å². The predicted octanol–water partition coefficient (Wildman–Crippen LogP) is 5.00. The van der Waals surface area contributed by atoms with E-state index in [2.05, 4.69) is 33.2 Å². The summed E-state index contributed by atoms with van der Waals surface area (Å²) in [6.07, 6.45) is 0. The highest BCUT2D eigenvalue weighted by atomic mass is 127. The predicted molar refractivity (Wildman–Crippen MR) is 102 cm³/mol. The van der Waals surface area contributed by atoms with E-state index in [1.807, 2.05) is 57.2 Å². The lowest BCUT2D eigenvalue weighted by molar-refractivity contribution is -0.116. The number of benzene rings is 2. The second kappa shape index (κ2) is 7.33. The van der Waals surface area contributed by atoms with E-state index in [1.54, 1.807) is 0 Å². The normalized spacial score (nSPS) is 11.9. The van der Waals surface area contributed by atoms with E-state index in [-0.39, 0.29) is 11.9 Å². The standard InChI is InChI=1S/C17H18ClIN2O/c1-10-7-11(2)16(15(18)8-10)21-17(22)12(3)20-14-6-4-5-13(19)9-14/h4-9,12,20H,1-3H3,(H,21,22). The molecule has 5 heteroatoms. The van der Waals surface area contributed by atoms with E-state index in [0.717, 1.165) is 20.4 Å². The molecule has 0 aliphatic heterocycles. The highest BCUT2D eigenvalue weighted by Crippen LogP contribution is 2.27. The van der Waals surface area contributed by atoms with Gasteiger partial charge in [-0.2, -0.15) is 0 Å². The molecule has 0 saturated heterocycles. The van der Waals surface area contributed by atoms with Gasteiger partial charge in [0.05, 0.1) is 10.7 Å². The van der Waals surface area contributed by atoms with Crippen molar-refractivity contribution >= 4 is 51.5 Å². The Kier molecular flexibility index (Phi) is 5.69. The number of aryl methyl sites for hydroxylation is 2. The van der Waals surface area contributed by atoms with Crippen LogP contribution in [0.15, 0.2) is 36.4 Å². The molecule has 0 aliphatic rings. The van der Waals surface area contributed by atoms with Crippen LogP contribution in [0.3, 0.4) is 0 Å². The Bertz CT molecular complexity index is 680. The van der Waals surface area contributed by atoms with Gasteiger partial charge >= 0.3 is 0 Å². The lowest BCUT2D eigenvalue weighted by Crippen LogP contribution is -2.32. The molecule has 1 atom stereocenters. The molecule has 2 aromatic carbocycles. The number of carbonyl (C=O) groups is 1. The SMILES string of the molecule is Cc1cc(C)c(NC(=O)C(C)Nc2cccc(I)c2)c(Cl)c1. The maximum atomic E-state index is 12.4. The minimum Gasteiger partial charge on any atom is -0.374 e. The molecule has 116 valence electrons. The molecule has 0 aliphatic carbocycles. The Balaban J connectivity index is 2.09. The molecule has 22 heavy (non-hydrogen) atoms. The minimum atomic E-state index is -0.366. The molecule has 0 fully saturated rings. The molecule has 2 rings (SSSR count). The third-order valence-corrected chi connectivity index (χ3v) is 4.25. The van der Waals surface area contributed by atoms with Gasteiger partial charge in [0.1, 0.15) is 6.04 Å². The van der Waals surface area contributed by atoms with Gasteiger partial charge in [0.25, 0.3) is 0 Å². The van der Waals surface area contributed by atoms with Crippen LogP contribution in [-0.2, 0) is 4.79 Å². The quantitative estimate of drug-likeness (QED) is 0.673. The average molecular weight is 429 g/mol. The number of amides is 1. The van der Waals surface area contributed by atoms with Crippen molar-refractivity contribution in [3.8, 4) is 0 Å². The molecule has 0 spiro atoms. The maximum absolute atomic E-state index is 12.4. The van der Waals surface area contributed by atoms with E-state index in [1.165, 1.54) is 0 Å². The van der Waals surface area contributed by atoms with Gasteiger partial charge in [0.15, 0.2) is 0 Å². The summed E-state index contributed by atoms with van der Waals surface area (Å²) in [7, 11) is 0.